The molecule has 2 unspecified atom stereocenters. The van der Waals surface area contributed by atoms with Gasteiger partial charge in [0.15, 0.2) is 5.60 Å². The van der Waals surface area contributed by atoms with Crippen LogP contribution in [-0.2, 0) is 28.0 Å². The maximum Gasteiger partial charge on any atom is 0.372 e. The quantitative estimate of drug-likeness (QED) is 0.233. The van der Waals surface area contributed by atoms with Crippen LogP contribution >= 0.6 is 15.2 Å². The van der Waals surface area contributed by atoms with Gasteiger partial charge in [0.2, 0.25) is 0 Å². The van der Waals surface area contributed by atoms with Crippen LogP contribution in [0.1, 0.15) is 19.8 Å². The number of aliphatic hydroxyl groups is 1. The van der Waals surface area contributed by atoms with Crippen LogP contribution in [-0.4, -0.2) is 63.7 Å². The molecule has 2 atom stereocenters. The van der Waals surface area contributed by atoms with Gasteiger partial charge >= 0.3 is 33.1 Å². The highest BCUT2D eigenvalue weighted by Gasteiger charge is 2.61. The molecule has 13 nitrogen and oxygen atoms in total. The third kappa shape index (κ3) is 4.82. The highest BCUT2D eigenvalue weighted by molar-refractivity contribution is 7.72. The molecule has 0 spiro atoms. The van der Waals surface area contributed by atoms with Crippen molar-refractivity contribution in [3.8, 4) is 0 Å². The Morgan fingerprint density at radius 3 is 1.52 bits per heavy atom. The Balaban J connectivity index is 6.10. The van der Waals surface area contributed by atoms with E-state index in [2.05, 4.69) is 4.52 Å². The molecular weight excluding hydrogens is 366 g/mol. The molecule has 0 aliphatic carbocycles. The molecule has 0 aliphatic rings. The Morgan fingerprint density at radius 1 is 0.957 bits per heavy atom. The summed E-state index contributed by atoms with van der Waals surface area (Å²) in [5.41, 5.74) is -3.35. The number of carboxylic acids is 3. The van der Waals surface area contributed by atoms with Crippen LogP contribution < -0.4 is 0 Å². The molecule has 0 heterocycles. The van der Waals surface area contributed by atoms with Crippen LogP contribution in [0.15, 0.2) is 0 Å². The van der Waals surface area contributed by atoms with Crippen molar-refractivity contribution >= 4 is 33.1 Å². The highest BCUT2D eigenvalue weighted by atomic mass is 31.2. The first-order chi connectivity index (χ1) is 9.98. The van der Waals surface area contributed by atoms with Crippen LogP contribution in [0.3, 0.4) is 0 Å². The Bertz CT molecular complexity index is 585. The summed E-state index contributed by atoms with van der Waals surface area (Å²) >= 11 is 0. The molecule has 0 aliphatic heterocycles. The monoisotopic (exact) mass is 380 g/mol. The molecule has 0 rings (SSSR count). The molecule has 0 aromatic heterocycles. The van der Waals surface area contributed by atoms with E-state index in [1.165, 1.54) is 0 Å². The van der Waals surface area contributed by atoms with Crippen molar-refractivity contribution in [1.29, 1.82) is 0 Å². The van der Waals surface area contributed by atoms with E-state index in [4.69, 9.17) is 25.1 Å². The molecule has 0 saturated heterocycles. The van der Waals surface area contributed by atoms with Crippen LogP contribution in [0.4, 0.5) is 0 Å². The smallest absolute Gasteiger partial charge is 0.372 e. The molecular formula is C8H14O13P2. The van der Waals surface area contributed by atoms with Gasteiger partial charge in [-0.2, -0.15) is 0 Å². The lowest BCUT2D eigenvalue weighted by Gasteiger charge is -2.34. The van der Waals surface area contributed by atoms with E-state index in [-0.39, 0.29) is 6.92 Å². The van der Waals surface area contributed by atoms with Gasteiger partial charge in [0.05, 0.1) is 12.8 Å². The van der Waals surface area contributed by atoms with Crippen molar-refractivity contribution in [2.24, 2.45) is 0 Å². The first-order valence-electron chi connectivity index (χ1n) is 5.47. The standard InChI is InChI=1S/C8H14O13P2/c1-7(15,22(16,17)18)23(19,20)21-8(6(13)14,2-4(9)10)3-5(11)12/h15H,2-3H2,1H3,(H,9,10)(H,11,12)(H,13,14)(H,19,20)(H2,16,17,18). The highest BCUT2D eigenvalue weighted by Crippen LogP contribution is 2.71. The lowest BCUT2D eigenvalue weighted by atomic mass is 9.96. The number of hydrogen-bond donors (Lipinski definition) is 7. The summed E-state index contributed by atoms with van der Waals surface area (Å²) < 4.78 is 27.1. The van der Waals surface area contributed by atoms with Gasteiger partial charge in [0, 0.05) is 0 Å². The Morgan fingerprint density at radius 2 is 1.30 bits per heavy atom. The lowest BCUT2D eigenvalue weighted by molar-refractivity contribution is -0.168. The fourth-order valence-electron chi connectivity index (χ4n) is 1.29. The Labute approximate surface area is 127 Å². The molecule has 0 radical (unpaired) electrons. The average Bonchev–Trinajstić information content (AvgIpc) is 2.23. The SMILES string of the molecule is CC(O)(P(=O)(O)O)P(=O)(O)OC(CC(=O)O)(CC(=O)O)C(=O)O. The molecule has 0 saturated carbocycles. The van der Waals surface area contributed by atoms with Crippen molar-refractivity contribution in [3.05, 3.63) is 0 Å². The molecule has 134 valence electrons. The zero-order valence-corrected chi connectivity index (χ0v) is 13.2. The molecule has 0 amide bonds. The van der Waals surface area contributed by atoms with Crippen molar-refractivity contribution in [2.45, 2.75) is 30.4 Å². The van der Waals surface area contributed by atoms with Gasteiger partial charge in [-0.25, -0.2) is 4.79 Å². The number of carbonyl (C=O) groups is 3. The minimum Gasteiger partial charge on any atom is -0.481 e. The van der Waals surface area contributed by atoms with E-state index in [1.54, 1.807) is 0 Å². The first-order valence-corrected chi connectivity index (χ1v) is 8.66. The predicted molar refractivity (Wildman–Crippen MR) is 68.5 cm³/mol. The third-order valence-electron chi connectivity index (χ3n) is 2.65. The second kappa shape index (κ2) is 6.65. The lowest BCUT2D eigenvalue weighted by Crippen LogP contribution is -2.46. The summed E-state index contributed by atoms with van der Waals surface area (Å²) in [6, 6.07) is 0. The summed E-state index contributed by atoms with van der Waals surface area (Å²) in [5, 5.41) is 32.0. The van der Waals surface area contributed by atoms with Crippen molar-refractivity contribution in [1.82, 2.24) is 0 Å². The van der Waals surface area contributed by atoms with Gasteiger partial charge in [-0.15, -0.1) is 0 Å². The van der Waals surface area contributed by atoms with Gasteiger partial charge in [-0.3, -0.25) is 23.2 Å². The maximum absolute atomic E-state index is 11.9. The van der Waals surface area contributed by atoms with E-state index >= 15 is 0 Å². The van der Waals surface area contributed by atoms with E-state index in [9.17, 15) is 33.5 Å². The number of aliphatic carboxylic acids is 3. The third-order valence-corrected chi connectivity index (χ3v) is 6.96. The maximum atomic E-state index is 11.9. The van der Waals surface area contributed by atoms with E-state index < -0.39 is 56.6 Å². The van der Waals surface area contributed by atoms with Gasteiger partial charge in [-0.05, 0) is 6.92 Å². The van der Waals surface area contributed by atoms with Crippen LogP contribution in [0.2, 0.25) is 0 Å². The Kier molecular flexibility index (Phi) is 6.27. The molecule has 0 fully saturated rings. The summed E-state index contributed by atoms with van der Waals surface area (Å²) in [5.74, 6) is -6.17. The largest absolute Gasteiger partial charge is 0.481 e. The second-order valence-electron chi connectivity index (χ2n) is 4.57. The molecule has 0 bridgehead atoms. The van der Waals surface area contributed by atoms with Crippen molar-refractivity contribution < 1.29 is 63.1 Å². The van der Waals surface area contributed by atoms with Crippen LogP contribution in [0.25, 0.3) is 0 Å². The molecule has 0 aromatic rings. The predicted octanol–water partition coefficient (Wildman–Crippen LogP) is -1.20. The molecule has 7 N–H and O–H groups in total. The molecule has 15 heteroatoms. The topological polar surface area (TPSA) is 236 Å². The Hall–Kier alpha value is -1.33. The van der Waals surface area contributed by atoms with Gasteiger partial charge in [-0.1, -0.05) is 0 Å². The fourth-order valence-corrected chi connectivity index (χ4v) is 3.59. The van der Waals surface area contributed by atoms with Gasteiger partial charge in [0.25, 0.3) is 5.08 Å². The first kappa shape index (κ1) is 21.7. The zero-order chi connectivity index (χ0) is 18.9. The van der Waals surface area contributed by atoms with Crippen LogP contribution in [0, 0.1) is 0 Å². The number of carboxylic acid groups (broad SMARTS) is 3. The minimum atomic E-state index is -5.92. The fraction of sp³-hybridized carbons (Fsp3) is 0.625. The molecule has 23 heavy (non-hydrogen) atoms. The summed E-state index contributed by atoms with van der Waals surface area (Å²) in [4.78, 5) is 59.8. The number of hydrogen-bond acceptors (Lipinski definition) is 7. The molecule has 0 aromatic carbocycles. The normalized spacial score (nSPS) is 17.8. The zero-order valence-electron chi connectivity index (χ0n) is 11.4. The van der Waals surface area contributed by atoms with Crippen molar-refractivity contribution in [2.75, 3.05) is 0 Å². The van der Waals surface area contributed by atoms with E-state index in [0.717, 1.165) is 0 Å². The average molecular weight is 380 g/mol. The van der Waals surface area contributed by atoms with Crippen molar-refractivity contribution in [3.63, 3.8) is 0 Å². The van der Waals surface area contributed by atoms with E-state index in [1.807, 2.05) is 0 Å². The minimum absolute atomic E-state index is 0.155. The second-order valence-corrected chi connectivity index (χ2v) is 8.97. The summed E-state index contributed by atoms with van der Waals surface area (Å²) in [7, 11) is -11.7. The summed E-state index contributed by atoms with van der Waals surface area (Å²) in [6.45, 7) is 0.155. The van der Waals surface area contributed by atoms with Gasteiger partial charge < -0.3 is 35.1 Å². The summed E-state index contributed by atoms with van der Waals surface area (Å²) in [6.07, 6.45) is -3.26. The number of rotatable bonds is 9. The van der Waals surface area contributed by atoms with E-state index in [0.29, 0.717) is 0 Å². The van der Waals surface area contributed by atoms with Gasteiger partial charge in [0.1, 0.15) is 0 Å². The van der Waals surface area contributed by atoms with Crippen LogP contribution in [0.5, 0.6) is 0 Å².